The number of benzene rings is 1. The topological polar surface area (TPSA) is 39.1 Å². The highest BCUT2D eigenvalue weighted by atomic mass is 16.5. The first kappa shape index (κ1) is 15.6. The SMILES string of the molecule is CCn1cc(OC(CNC(C)(C)C)c2ccccc2)cn1. The van der Waals surface area contributed by atoms with Gasteiger partial charge >= 0.3 is 0 Å². The van der Waals surface area contributed by atoms with Gasteiger partial charge in [-0.3, -0.25) is 4.68 Å². The summed E-state index contributed by atoms with van der Waals surface area (Å²) < 4.78 is 8.00. The highest BCUT2D eigenvalue weighted by molar-refractivity contribution is 5.21. The number of aromatic nitrogens is 2. The molecule has 1 unspecified atom stereocenters. The Labute approximate surface area is 127 Å². The van der Waals surface area contributed by atoms with Crippen LogP contribution in [0, 0.1) is 0 Å². The first-order valence-corrected chi connectivity index (χ1v) is 7.47. The van der Waals surface area contributed by atoms with Gasteiger partial charge < -0.3 is 10.1 Å². The van der Waals surface area contributed by atoms with E-state index in [0.29, 0.717) is 0 Å². The van der Waals surface area contributed by atoms with Gasteiger partial charge in [0.15, 0.2) is 5.75 Å². The maximum atomic E-state index is 6.13. The van der Waals surface area contributed by atoms with Crippen LogP contribution in [0.25, 0.3) is 0 Å². The van der Waals surface area contributed by atoms with Crippen molar-refractivity contribution in [3.8, 4) is 5.75 Å². The average molecular weight is 287 g/mol. The van der Waals surface area contributed by atoms with E-state index in [1.807, 2.05) is 29.1 Å². The minimum Gasteiger partial charge on any atom is -0.481 e. The van der Waals surface area contributed by atoms with Crippen LogP contribution in [0.1, 0.15) is 39.4 Å². The van der Waals surface area contributed by atoms with Gasteiger partial charge in [-0.25, -0.2) is 0 Å². The normalized spacial score (nSPS) is 13.1. The van der Waals surface area contributed by atoms with Gasteiger partial charge in [0, 0.05) is 18.6 Å². The van der Waals surface area contributed by atoms with Crippen molar-refractivity contribution in [3.63, 3.8) is 0 Å². The van der Waals surface area contributed by atoms with Crippen molar-refractivity contribution in [2.24, 2.45) is 0 Å². The van der Waals surface area contributed by atoms with Gasteiger partial charge in [0.2, 0.25) is 0 Å². The second-order valence-electron chi connectivity index (χ2n) is 6.18. The summed E-state index contributed by atoms with van der Waals surface area (Å²) in [5, 5.41) is 7.77. The summed E-state index contributed by atoms with van der Waals surface area (Å²) in [6, 6.07) is 10.3. The van der Waals surface area contributed by atoms with Crippen LogP contribution in [0.2, 0.25) is 0 Å². The molecule has 0 spiro atoms. The second kappa shape index (κ2) is 6.76. The summed E-state index contributed by atoms with van der Waals surface area (Å²) in [4.78, 5) is 0. The van der Waals surface area contributed by atoms with Gasteiger partial charge in [-0.15, -0.1) is 0 Å². The van der Waals surface area contributed by atoms with Gasteiger partial charge in [0.1, 0.15) is 6.10 Å². The number of nitrogens with one attached hydrogen (secondary N) is 1. The molecule has 2 aromatic rings. The second-order valence-corrected chi connectivity index (χ2v) is 6.18. The Morgan fingerprint density at radius 2 is 1.95 bits per heavy atom. The first-order chi connectivity index (χ1) is 9.98. The molecule has 4 nitrogen and oxygen atoms in total. The van der Waals surface area contributed by atoms with E-state index in [-0.39, 0.29) is 11.6 Å². The quantitative estimate of drug-likeness (QED) is 0.885. The highest BCUT2D eigenvalue weighted by Gasteiger charge is 2.18. The van der Waals surface area contributed by atoms with Crippen molar-refractivity contribution in [2.75, 3.05) is 6.54 Å². The summed E-state index contributed by atoms with van der Waals surface area (Å²) in [5.74, 6) is 0.807. The fourth-order valence-electron chi connectivity index (χ4n) is 2.04. The Morgan fingerprint density at radius 1 is 1.24 bits per heavy atom. The van der Waals surface area contributed by atoms with Crippen LogP contribution >= 0.6 is 0 Å². The summed E-state index contributed by atoms with van der Waals surface area (Å²) in [5.41, 5.74) is 1.22. The van der Waals surface area contributed by atoms with Gasteiger partial charge in [-0.2, -0.15) is 5.10 Å². The zero-order valence-corrected chi connectivity index (χ0v) is 13.3. The molecule has 1 N–H and O–H groups in total. The molecule has 0 radical (unpaired) electrons. The molecule has 1 heterocycles. The lowest BCUT2D eigenvalue weighted by Crippen LogP contribution is -2.39. The molecule has 0 aliphatic heterocycles. The molecule has 0 fully saturated rings. The zero-order valence-electron chi connectivity index (χ0n) is 13.3. The smallest absolute Gasteiger partial charge is 0.158 e. The molecule has 0 aliphatic carbocycles. The molecule has 0 saturated carbocycles. The third-order valence-electron chi connectivity index (χ3n) is 3.20. The molecule has 0 saturated heterocycles. The lowest BCUT2D eigenvalue weighted by molar-refractivity contribution is 0.188. The third kappa shape index (κ3) is 4.90. The monoisotopic (exact) mass is 287 g/mol. The Bertz CT molecular complexity index is 543. The van der Waals surface area contributed by atoms with Crippen molar-refractivity contribution >= 4 is 0 Å². The van der Waals surface area contributed by atoms with Crippen LogP contribution in [0.3, 0.4) is 0 Å². The maximum absolute atomic E-state index is 6.13. The standard InChI is InChI=1S/C17H25N3O/c1-5-20-13-15(11-19-20)21-16(12-18-17(2,3)4)14-9-7-6-8-10-14/h6-11,13,16,18H,5,12H2,1-4H3. The first-order valence-electron chi connectivity index (χ1n) is 7.47. The number of nitrogens with zero attached hydrogens (tertiary/aromatic N) is 2. The summed E-state index contributed by atoms with van der Waals surface area (Å²) in [6.07, 6.45) is 3.68. The lowest BCUT2D eigenvalue weighted by atomic mass is 10.1. The summed E-state index contributed by atoms with van der Waals surface area (Å²) >= 11 is 0. The van der Waals surface area contributed by atoms with Crippen molar-refractivity contribution in [3.05, 3.63) is 48.3 Å². The van der Waals surface area contributed by atoms with E-state index in [1.165, 1.54) is 5.56 Å². The average Bonchev–Trinajstić information content (AvgIpc) is 2.91. The lowest BCUT2D eigenvalue weighted by Gasteiger charge is -2.25. The molecule has 21 heavy (non-hydrogen) atoms. The Hall–Kier alpha value is -1.81. The van der Waals surface area contributed by atoms with Gasteiger partial charge in [-0.1, -0.05) is 30.3 Å². The molecule has 114 valence electrons. The van der Waals surface area contributed by atoms with E-state index in [4.69, 9.17) is 4.74 Å². The molecular weight excluding hydrogens is 262 g/mol. The number of rotatable bonds is 6. The van der Waals surface area contributed by atoms with Gasteiger partial charge in [-0.05, 0) is 33.3 Å². The highest BCUT2D eigenvalue weighted by Crippen LogP contribution is 2.21. The summed E-state index contributed by atoms with van der Waals surface area (Å²) in [6.45, 7) is 10.1. The van der Waals surface area contributed by atoms with Crippen LogP contribution < -0.4 is 10.1 Å². The number of ether oxygens (including phenoxy) is 1. The number of aryl methyl sites for hydroxylation is 1. The number of hydrogen-bond acceptors (Lipinski definition) is 3. The fraction of sp³-hybridized carbons (Fsp3) is 0.471. The van der Waals surface area contributed by atoms with Crippen LogP contribution in [0.4, 0.5) is 0 Å². The van der Waals surface area contributed by atoms with E-state index in [0.717, 1.165) is 18.8 Å². The zero-order chi connectivity index (χ0) is 15.3. The molecule has 4 heteroatoms. The predicted molar refractivity (Wildman–Crippen MR) is 85.5 cm³/mol. The molecule has 2 rings (SSSR count). The van der Waals surface area contributed by atoms with Crippen molar-refractivity contribution < 1.29 is 4.74 Å². The molecule has 0 bridgehead atoms. The van der Waals surface area contributed by atoms with Crippen molar-refractivity contribution in [2.45, 2.75) is 45.9 Å². The third-order valence-corrected chi connectivity index (χ3v) is 3.20. The van der Waals surface area contributed by atoms with E-state index in [9.17, 15) is 0 Å². The largest absolute Gasteiger partial charge is 0.481 e. The van der Waals surface area contributed by atoms with E-state index >= 15 is 0 Å². The molecular formula is C17H25N3O. The Kier molecular flexibility index (Phi) is 5.02. The van der Waals surface area contributed by atoms with Crippen LogP contribution in [0.5, 0.6) is 5.75 Å². The maximum Gasteiger partial charge on any atom is 0.158 e. The molecule has 1 aromatic carbocycles. The van der Waals surface area contributed by atoms with Gasteiger partial charge in [0.25, 0.3) is 0 Å². The Morgan fingerprint density at radius 3 is 2.52 bits per heavy atom. The molecule has 0 amide bonds. The van der Waals surface area contributed by atoms with Gasteiger partial charge in [0.05, 0.1) is 12.4 Å². The van der Waals surface area contributed by atoms with Crippen molar-refractivity contribution in [1.82, 2.24) is 15.1 Å². The fourth-order valence-corrected chi connectivity index (χ4v) is 2.04. The van der Waals surface area contributed by atoms with Crippen molar-refractivity contribution in [1.29, 1.82) is 0 Å². The number of hydrogen-bond donors (Lipinski definition) is 1. The van der Waals surface area contributed by atoms with Crippen LogP contribution in [-0.2, 0) is 6.54 Å². The molecule has 1 atom stereocenters. The van der Waals surface area contributed by atoms with E-state index in [2.05, 4.69) is 50.2 Å². The van der Waals surface area contributed by atoms with E-state index < -0.39 is 0 Å². The van der Waals surface area contributed by atoms with E-state index in [1.54, 1.807) is 6.20 Å². The predicted octanol–water partition coefficient (Wildman–Crippen LogP) is 3.41. The Balaban J connectivity index is 2.11. The van der Waals surface area contributed by atoms with Crippen LogP contribution in [0.15, 0.2) is 42.7 Å². The molecule has 1 aromatic heterocycles. The summed E-state index contributed by atoms with van der Waals surface area (Å²) in [7, 11) is 0. The molecule has 0 aliphatic rings. The van der Waals surface area contributed by atoms with Crippen LogP contribution in [-0.4, -0.2) is 21.9 Å². The minimum absolute atomic E-state index is 0.0278. The minimum atomic E-state index is -0.0278.